The van der Waals surface area contributed by atoms with Crippen LogP contribution in [0.2, 0.25) is 0 Å². The average molecular weight is 121 g/mol. The van der Waals surface area contributed by atoms with Crippen molar-refractivity contribution in [1.82, 2.24) is 0 Å². The Morgan fingerprint density at radius 2 is 1.50 bits per heavy atom. The summed E-state index contributed by atoms with van der Waals surface area (Å²) in [5, 5.41) is 0. The standard InChI is InChI=1S/C6H12N.Na/c7-6-4-2-1-3-5-6;/h6-7H,1-5H2;/q-1;+1. The predicted octanol–water partition coefficient (Wildman–Crippen LogP) is -0.625. The van der Waals surface area contributed by atoms with Crippen LogP contribution in [0.4, 0.5) is 0 Å². The maximum absolute atomic E-state index is 7.27. The fourth-order valence-corrected chi connectivity index (χ4v) is 1.10. The molecule has 42 valence electrons. The smallest absolute Gasteiger partial charge is 0.675 e. The third-order valence-electron chi connectivity index (χ3n) is 1.61. The molecule has 0 bridgehead atoms. The Bertz CT molecular complexity index is 50.5. The van der Waals surface area contributed by atoms with Gasteiger partial charge in [-0.05, 0) is 0 Å². The monoisotopic (exact) mass is 121 g/mol. The largest absolute Gasteiger partial charge is 1.00 e. The zero-order chi connectivity index (χ0) is 5.11. The minimum Gasteiger partial charge on any atom is -0.675 e. The van der Waals surface area contributed by atoms with E-state index in [-0.39, 0.29) is 35.6 Å². The Labute approximate surface area is 73.3 Å². The topological polar surface area (TPSA) is 23.8 Å². The molecule has 1 aliphatic carbocycles. The Hall–Kier alpha value is 0.960. The van der Waals surface area contributed by atoms with Crippen LogP contribution in [-0.4, -0.2) is 6.04 Å². The molecule has 1 rings (SSSR count). The molecule has 1 N–H and O–H groups in total. The van der Waals surface area contributed by atoms with Gasteiger partial charge in [0.2, 0.25) is 0 Å². The summed E-state index contributed by atoms with van der Waals surface area (Å²) in [6.45, 7) is 0. The third kappa shape index (κ3) is 3.08. The van der Waals surface area contributed by atoms with E-state index in [1.807, 2.05) is 0 Å². The van der Waals surface area contributed by atoms with Crippen LogP contribution in [0.1, 0.15) is 32.1 Å². The summed E-state index contributed by atoms with van der Waals surface area (Å²) in [7, 11) is 0. The minimum atomic E-state index is 0. The van der Waals surface area contributed by atoms with Crippen LogP contribution in [-0.2, 0) is 0 Å². The van der Waals surface area contributed by atoms with E-state index in [0.29, 0.717) is 0 Å². The van der Waals surface area contributed by atoms with Crippen LogP contribution in [0, 0.1) is 0 Å². The molecule has 2 heteroatoms. The predicted molar refractivity (Wildman–Crippen MR) is 31.2 cm³/mol. The van der Waals surface area contributed by atoms with Crippen molar-refractivity contribution in [1.29, 1.82) is 0 Å². The molecule has 1 saturated carbocycles. The van der Waals surface area contributed by atoms with Crippen LogP contribution in [0.25, 0.3) is 5.73 Å². The maximum atomic E-state index is 7.27. The second-order valence-electron chi connectivity index (χ2n) is 2.33. The molecule has 0 aromatic carbocycles. The number of hydrogen-bond donors (Lipinski definition) is 0. The quantitative estimate of drug-likeness (QED) is 0.381. The second-order valence-corrected chi connectivity index (χ2v) is 2.33. The summed E-state index contributed by atoms with van der Waals surface area (Å²) in [5.41, 5.74) is 7.27. The first-order chi connectivity index (χ1) is 3.39. The van der Waals surface area contributed by atoms with Crippen molar-refractivity contribution in [2.24, 2.45) is 0 Å². The van der Waals surface area contributed by atoms with E-state index in [2.05, 4.69) is 0 Å². The van der Waals surface area contributed by atoms with E-state index in [4.69, 9.17) is 5.73 Å². The van der Waals surface area contributed by atoms with Gasteiger partial charge in [-0.25, -0.2) is 0 Å². The van der Waals surface area contributed by atoms with Crippen molar-refractivity contribution >= 4 is 0 Å². The Morgan fingerprint density at radius 1 is 1.00 bits per heavy atom. The van der Waals surface area contributed by atoms with Crippen LogP contribution in [0.3, 0.4) is 0 Å². The third-order valence-corrected chi connectivity index (χ3v) is 1.61. The normalized spacial score (nSPS) is 22.1. The molecule has 0 heterocycles. The van der Waals surface area contributed by atoms with Crippen molar-refractivity contribution in [3.63, 3.8) is 0 Å². The summed E-state index contributed by atoms with van der Waals surface area (Å²) in [6, 6.07) is 0.286. The molecule has 0 spiro atoms. The first kappa shape index (κ1) is 8.96. The molecule has 8 heavy (non-hydrogen) atoms. The fraction of sp³-hybridized carbons (Fsp3) is 1.00. The van der Waals surface area contributed by atoms with Gasteiger partial charge in [0.15, 0.2) is 0 Å². The molecule has 0 unspecified atom stereocenters. The number of nitrogens with one attached hydrogen (secondary N) is 1. The van der Waals surface area contributed by atoms with Gasteiger partial charge in [0.25, 0.3) is 0 Å². The number of hydrogen-bond acceptors (Lipinski definition) is 0. The van der Waals surface area contributed by atoms with Crippen LogP contribution in [0.5, 0.6) is 0 Å². The molecule has 1 aliphatic rings. The molecule has 0 saturated heterocycles. The molecule has 1 nitrogen and oxygen atoms in total. The summed E-state index contributed by atoms with van der Waals surface area (Å²) < 4.78 is 0. The van der Waals surface area contributed by atoms with Gasteiger partial charge < -0.3 is 5.73 Å². The zero-order valence-electron chi connectivity index (χ0n) is 5.61. The van der Waals surface area contributed by atoms with Crippen LogP contribution >= 0.6 is 0 Å². The molecule has 0 atom stereocenters. The van der Waals surface area contributed by atoms with Crippen LogP contribution < -0.4 is 29.6 Å². The number of rotatable bonds is 0. The summed E-state index contributed by atoms with van der Waals surface area (Å²) in [5.74, 6) is 0. The molecular formula is C6H12NNa. The van der Waals surface area contributed by atoms with E-state index < -0.39 is 0 Å². The van der Waals surface area contributed by atoms with E-state index in [9.17, 15) is 0 Å². The van der Waals surface area contributed by atoms with Crippen molar-refractivity contribution in [3.05, 3.63) is 5.73 Å². The van der Waals surface area contributed by atoms with Crippen LogP contribution in [0.15, 0.2) is 0 Å². The summed E-state index contributed by atoms with van der Waals surface area (Å²) >= 11 is 0. The van der Waals surface area contributed by atoms with Gasteiger partial charge >= 0.3 is 29.6 Å². The van der Waals surface area contributed by atoms with Crippen molar-refractivity contribution in [2.45, 2.75) is 38.1 Å². The van der Waals surface area contributed by atoms with E-state index in [0.717, 1.165) is 12.8 Å². The molecule has 0 aromatic rings. The summed E-state index contributed by atoms with van der Waals surface area (Å²) in [4.78, 5) is 0. The van der Waals surface area contributed by atoms with Gasteiger partial charge in [-0.3, -0.25) is 0 Å². The SMILES string of the molecule is [NH-]C1CCCCC1.[Na+]. The van der Waals surface area contributed by atoms with Crippen molar-refractivity contribution in [3.8, 4) is 0 Å². The molecule has 0 aliphatic heterocycles. The van der Waals surface area contributed by atoms with Gasteiger partial charge in [0.05, 0.1) is 0 Å². The Kier molecular flexibility index (Phi) is 5.38. The van der Waals surface area contributed by atoms with Gasteiger partial charge in [0.1, 0.15) is 0 Å². The van der Waals surface area contributed by atoms with E-state index in [1.54, 1.807) is 0 Å². The van der Waals surface area contributed by atoms with Gasteiger partial charge in [-0.2, -0.15) is 0 Å². The van der Waals surface area contributed by atoms with Crippen molar-refractivity contribution in [2.75, 3.05) is 0 Å². The molecular weight excluding hydrogens is 109 g/mol. The first-order valence-electron chi connectivity index (χ1n) is 3.11. The summed E-state index contributed by atoms with van der Waals surface area (Å²) in [6.07, 6.45) is 6.28. The van der Waals surface area contributed by atoms with Gasteiger partial charge in [-0.1, -0.05) is 32.1 Å². The van der Waals surface area contributed by atoms with Crippen molar-refractivity contribution < 1.29 is 29.6 Å². The maximum Gasteiger partial charge on any atom is 1.00 e. The Balaban J connectivity index is 0.000000490. The molecule has 0 amide bonds. The molecule has 1 fully saturated rings. The first-order valence-corrected chi connectivity index (χ1v) is 3.11. The average Bonchev–Trinajstić information content (AvgIpc) is 1.69. The molecule has 0 aromatic heterocycles. The zero-order valence-corrected chi connectivity index (χ0v) is 7.61. The van der Waals surface area contributed by atoms with E-state index >= 15 is 0 Å². The fourth-order valence-electron chi connectivity index (χ4n) is 1.10. The van der Waals surface area contributed by atoms with Gasteiger partial charge in [0, 0.05) is 0 Å². The Morgan fingerprint density at radius 3 is 1.75 bits per heavy atom. The molecule has 0 radical (unpaired) electrons. The minimum absolute atomic E-state index is 0. The second kappa shape index (κ2) is 4.80. The van der Waals surface area contributed by atoms with E-state index in [1.165, 1.54) is 19.3 Å². The van der Waals surface area contributed by atoms with Gasteiger partial charge in [-0.15, -0.1) is 6.04 Å².